The van der Waals surface area contributed by atoms with Crippen LogP contribution in [0.4, 0.5) is 0 Å². The van der Waals surface area contributed by atoms with Crippen molar-refractivity contribution >= 4 is 11.8 Å². The molecule has 1 unspecified atom stereocenters. The maximum Gasteiger partial charge on any atom is 0.242 e. The van der Waals surface area contributed by atoms with E-state index >= 15 is 0 Å². The summed E-state index contributed by atoms with van der Waals surface area (Å²) in [5.74, 6) is -0.350. The zero-order chi connectivity index (χ0) is 15.9. The third-order valence-corrected chi connectivity index (χ3v) is 3.90. The number of amides is 2. The number of carbonyl (C=O) groups is 2. The average Bonchev–Trinajstić information content (AvgIpc) is 2.53. The molecule has 1 fully saturated rings. The van der Waals surface area contributed by atoms with E-state index in [1.165, 1.54) is 5.56 Å². The van der Waals surface area contributed by atoms with Gasteiger partial charge in [0.05, 0.1) is 13.1 Å². The molecule has 0 radical (unpaired) electrons. The van der Waals surface area contributed by atoms with E-state index in [1.807, 2.05) is 30.0 Å². The highest BCUT2D eigenvalue weighted by Gasteiger charge is 2.27. The second-order valence-electron chi connectivity index (χ2n) is 5.64. The van der Waals surface area contributed by atoms with Crippen LogP contribution in [0.1, 0.15) is 12.5 Å². The summed E-state index contributed by atoms with van der Waals surface area (Å²) in [6.45, 7) is 5.25. The van der Waals surface area contributed by atoms with Gasteiger partial charge < -0.3 is 16.0 Å². The van der Waals surface area contributed by atoms with E-state index in [9.17, 15) is 9.59 Å². The number of nitrogens with one attached hydrogen (secondary N) is 1. The molecule has 1 aromatic carbocycles. The molecular weight excluding hydrogens is 280 g/mol. The Morgan fingerprint density at radius 1 is 1.27 bits per heavy atom. The van der Waals surface area contributed by atoms with E-state index in [4.69, 9.17) is 5.73 Å². The summed E-state index contributed by atoms with van der Waals surface area (Å²) in [5, 5.41) is 2.53. The van der Waals surface area contributed by atoms with E-state index in [-0.39, 0.29) is 30.9 Å². The predicted octanol–water partition coefficient (Wildman–Crippen LogP) is -0.206. The molecule has 2 rings (SSSR count). The molecule has 3 N–H and O–H groups in total. The first-order chi connectivity index (χ1) is 10.6. The van der Waals surface area contributed by atoms with Crippen LogP contribution in [0.25, 0.3) is 0 Å². The van der Waals surface area contributed by atoms with Gasteiger partial charge in [0, 0.05) is 32.2 Å². The largest absolute Gasteiger partial charge is 0.346 e. The van der Waals surface area contributed by atoms with Gasteiger partial charge >= 0.3 is 0 Å². The number of carbonyl (C=O) groups excluding carboxylic acids is 2. The normalized spacial score (nSPS) is 19.0. The number of hydrogen-bond acceptors (Lipinski definition) is 4. The number of hydrogen-bond donors (Lipinski definition) is 2. The van der Waals surface area contributed by atoms with Gasteiger partial charge in [-0.25, -0.2) is 0 Å². The number of nitrogens with two attached hydrogens (primary N) is 1. The first-order valence-electron chi connectivity index (χ1n) is 7.62. The molecule has 1 heterocycles. The van der Waals surface area contributed by atoms with Crippen molar-refractivity contribution in [2.24, 2.45) is 5.73 Å². The lowest BCUT2D eigenvalue weighted by Crippen LogP contribution is -2.55. The van der Waals surface area contributed by atoms with Crippen LogP contribution in [0.15, 0.2) is 30.3 Å². The summed E-state index contributed by atoms with van der Waals surface area (Å²) in [4.78, 5) is 27.4. The summed E-state index contributed by atoms with van der Waals surface area (Å²) >= 11 is 0. The Bertz CT molecular complexity index is 506. The Kier molecular flexibility index (Phi) is 5.91. The van der Waals surface area contributed by atoms with Gasteiger partial charge in [-0.05, 0) is 12.5 Å². The van der Waals surface area contributed by atoms with Gasteiger partial charge in [-0.3, -0.25) is 14.5 Å². The molecule has 0 aliphatic carbocycles. The number of nitrogens with zero attached hydrogens (tertiary/aromatic N) is 2. The highest BCUT2D eigenvalue weighted by atomic mass is 16.2. The van der Waals surface area contributed by atoms with Gasteiger partial charge in [0.15, 0.2) is 0 Å². The summed E-state index contributed by atoms with van der Waals surface area (Å²) in [7, 11) is 0. The van der Waals surface area contributed by atoms with E-state index in [1.54, 1.807) is 0 Å². The fourth-order valence-electron chi connectivity index (χ4n) is 2.74. The minimum Gasteiger partial charge on any atom is -0.346 e. The third-order valence-electron chi connectivity index (χ3n) is 3.90. The van der Waals surface area contributed by atoms with E-state index < -0.39 is 0 Å². The molecule has 1 aliphatic heterocycles. The Morgan fingerprint density at radius 3 is 2.64 bits per heavy atom. The molecule has 120 valence electrons. The van der Waals surface area contributed by atoms with Crippen molar-refractivity contribution in [1.82, 2.24) is 15.1 Å². The van der Waals surface area contributed by atoms with Crippen molar-refractivity contribution in [3.8, 4) is 0 Å². The molecule has 1 saturated heterocycles. The van der Waals surface area contributed by atoms with Gasteiger partial charge in [-0.1, -0.05) is 30.3 Å². The Labute approximate surface area is 131 Å². The van der Waals surface area contributed by atoms with Gasteiger partial charge in [-0.15, -0.1) is 0 Å². The lowest BCUT2D eigenvalue weighted by Gasteiger charge is -2.40. The highest BCUT2D eigenvalue weighted by molar-refractivity contribution is 5.85. The predicted molar refractivity (Wildman–Crippen MR) is 85.0 cm³/mol. The van der Waals surface area contributed by atoms with Crippen molar-refractivity contribution in [2.45, 2.75) is 19.5 Å². The van der Waals surface area contributed by atoms with Gasteiger partial charge in [-0.2, -0.15) is 0 Å². The van der Waals surface area contributed by atoms with Crippen molar-refractivity contribution in [1.29, 1.82) is 0 Å². The molecule has 22 heavy (non-hydrogen) atoms. The molecular formula is C16H24N4O2. The number of rotatable bonds is 5. The summed E-state index contributed by atoms with van der Waals surface area (Å²) < 4.78 is 0. The SMILES string of the molecule is CC1CN(Cc2ccccc2)CCN1C(=O)CNC(=O)CN. The van der Waals surface area contributed by atoms with Crippen molar-refractivity contribution < 1.29 is 9.59 Å². The van der Waals surface area contributed by atoms with Crippen molar-refractivity contribution in [2.75, 3.05) is 32.7 Å². The molecule has 0 saturated carbocycles. The van der Waals surface area contributed by atoms with Crippen molar-refractivity contribution in [3.63, 3.8) is 0 Å². The van der Waals surface area contributed by atoms with Crippen LogP contribution < -0.4 is 11.1 Å². The molecule has 0 bridgehead atoms. The fourth-order valence-corrected chi connectivity index (χ4v) is 2.74. The van der Waals surface area contributed by atoms with Crippen LogP contribution in [0, 0.1) is 0 Å². The van der Waals surface area contributed by atoms with Crippen molar-refractivity contribution in [3.05, 3.63) is 35.9 Å². The lowest BCUT2D eigenvalue weighted by atomic mass is 10.1. The van der Waals surface area contributed by atoms with Gasteiger partial charge in [0.25, 0.3) is 0 Å². The van der Waals surface area contributed by atoms with E-state index in [0.717, 1.165) is 19.6 Å². The minimum atomic E-state index is -0.302. The molecule has 6 nitrogen and oxygen atoms in total. The smallest absolute Gasteiger partial charge is 0.242 e. The Hall–Kier alpha value is -1.92. The first kappa shape index (κ1) is 16.5. The lowest BCUT2D eigenvalue weighted by molar-refractivity contribution is -0.136. The summed E-state index contributed by atoms with van der Waals surface area (Å²) in [6, 6.07) is 10.5. The quantitative estimate of drug-likeness (QED) is 0.789. The van der Waals surface area contributed by atoms with Crippen LogP contribution in [0.2, 0.25) is 0 Å². The topological polar surface area (TPSA) is 78.7 Å². The fraction of sp³-hybridized carbons (Fsp3) is 0.500. The molecule has 0 spiro atoms. The Morgan fingerprint density at radius 2 is 2.00 bits per heavy atom. The second-order valence-corrected chi connectivity index (χ2v) is 5.64. The second kappa shape index (κ2) is 7.91. The standard InChI is InChI=1S/C16H24N4O2/c1-13-11-19(12-14-5-3-2-4-6-14)7-8-20(13)16(22)10-18-15(21)9-17/h2-6,13H,7-12,17H2,1H3,(H,18,21). The minimum absolute atomic E-state index is 0.0268. The van der Waals surface area contributed by atoms with Crippen LogP contribution in [0.5, 0.6) is 0 Å². The molecule has 1 aliphatic rings. The van der Waals surface area contributed by atoms with Gasteiger partial charge in [0.1, 0.15) is 0 Å². The Balaban J connectivity index is 1.82. The monoisotopic (exact) mass is 304 g/mol. The molecule has 1 aromatic rings. The van der Waals surface area contributed by atoms with Crippen LogP contribution >= 0.6 is 0 Å². The first-order valence-corrected chi connectivity index (χ1v) is 7.62. The molecule has 0 aromatic heterocycles. The van der Waals surface area contributed by atoms with Gasteiger partial charge in [0.2, 0.25) is 11.8 Å². The maximum atomic E-state index is 12.1. The molecule has 2 amide bonds. The zero-order valence-corrected chi connectivity index (χ0v) is 13.0. The number of benzene rings is 1. The molecule has 6 heteroatoms. The molecule has 1 atom stereocenters. The van der Waals surface area contributed by atoms with E-state index in [0.29, 0.717) is 6.54 Å². The maximum absolute atomic E-state index is 12.1. The van der Waals surface area contributed by atoms with E-state index in [2.05, 4.69) is 22.3 Å². The zero-order valence-electron chi connectivity index (χ0n) is 13.0. The summed E-state index contributed by atoms with van der Waals surface area (Å²) in [6.07, 6.45) is 0. The van der Waals surface area contributed by atoms with Crippen LogP contribution in [-0.4, -0.2) is 60.4 Å². The average molecular weight is 304 g/mol. The summed E-state index contributed by atoms with van der Waals surface area (Å²) in [5.41, 5.74) is 6.49. The highest BCUT2D eigenvalue weighted by Crippen LogP contribution is 2.13. The van der Waals surface area contributed by atoms with Crippen LogP contribution in [-0.2, 0) is 16.1 Å². The number of piperazine rings is 1. The third kappa shape index (κ3) is 4.54. The van der Waals surface area contributed by atoms with Crippen LogP contribution in [0.3, 0.4) is 0 Å².